The van der Waals surface area contributed by atoms with Crippen LogP contribution in [0.15, 0.2) is 91.0 Å². The summed E-state index contributed by atoms with van der Waals surface area (Å²) in [4.78, 5) is 5.52. The van der Waals surface area contributed by atoms with Gasteiger partial charge in [-0.05, 0) is 203 Å². The lowest BCUT2D eigenvalue weighted by Gasteiger charge is -2.49. The second-order valence-electron chi connectivity index (χ2n) is 28.8. The molecule has 6 aliphatic rings. The number of anilines is 6. The smallest absolute Gasteiger partial charge is 0.252 e. The third-order valence-corrected chi connectivity index (χ3v) is 19.6. The number of fused-ring (bicyclic) bond motifs is 10. The predicted molar refractivity (Wildman–Crippen MR) is 303 cm³/mol. The van der Waals surface area contributed by atoms with Crippen LogP contribution in [0.4, 0.5) is 34.1 Å². The van der Waals surface area contributed by atoms with Crippen LogP contribution in [0.1, 0.15) is 205 Å². The molecule has 2 nitrogen and oxygen atoms in total. The third kappa shape index (κ3) is 6.24. The summed E-state index contributed by atoms with van der Waals surface area (Å²) < 4.78 is 0. The highest BCUT2D eigenvalue weighted by molar-refractivity contribution is 7.00. The molecule has 0 bridgehead atoms. The summed E-state index contributed by atoms with van der Waals surface area (Å²) in [5.74, 6) is 0. The van der Waals surface area contributed by atoms with Gasteiger partial charge in [-0.25, -0.2) is 0 Å². The second-order valence-corrected chi connectivity index (χ2v) is 28.8. The maximum absolute atomic E-state index is 2.78. The number of nitrogens with zero attached hydrogens (tertiary/aromatic N) is 2. The van der Waals surface area contributed by atoms with Crippen LogP contribution < -0.4 is 26.2 Å². The molecule has 6 aromatic carbocycles. The van der Waals surface area contributed by atoms with Crippen molar-refractivity contribution in [3.63, 3.8) is 0 Å². The topological polar surface area (TPSA) is 6.48 Å². The summed E-state index contributed by atoms with van der Waals surface area (Å²) in [5.41, 5.74) is 29.9. The number of rotatable bonds is 2. The van der Waals surface area contributed by atoms with Crippen LogP contribution in [0.25, 0.3) is 11.1 Å². The summed E-state index contributed by atoms with van der Waals surface area (Å²) in [5, 5.41) is 0. The van der Waals surface area contributed by atoms with E-state index in [4.69, 9.17) is 0 Å². The Morgan fingerprint density at radius 2 is 0.857 bits per heavy atom. The molecule has 0 radical (unpaired) electrons. The number of hydrogen-bond acceptors (Lipinski definition) is 2. The van der Waals surface area contributed by atoms with E-state index >= 15 is 0 Å². The molecule has 0 saturated heterocycles. The Morgan fingerprint density at radius 1 is 0.414 bits per heavy atom. The summed E-state index contributed by atoms with van der Waals surface area (Å²) >= 11 is 0. The average Bonchev–Trinajstić information content (AvgIpc) is 3.61. The Bertz CT molecular complexity index is 3290. The molecule has 3 heteroatoms. The largest absolute Gasteiger partial charge is 0.311 e. The van der Waals surface area contributed by atoms with Gasteiger partial charge >= 0.3 is 0 Å². The minimum atomic E-state index is -0.109. The molecular formula is C67H79BN2. The number of hydrogen-bond donors (Lipinski definition) is 0. The van der Waals surface area contributed by atoms with Gasteiger partial charge in [-0.2, -0.15) is 0 Å². The fraction of sp³-hybridized carbons (Fsp3) is 0.463. The van der Waals surface area contributed by atoms with Gasteiger partial charge in [0.05, 0.1) is 0 Å². The first-order chi connectivity index (χ1) is 32.4. The molecule has 0 N–H and O–H groups in total. The summed E-state index contributed by atoms with van der Waals surface area (Å²) in [7, 11) is 0. The fourth-order valence-corrected chi connectivity index (χ4v) is 15.3. The molecule has 0 saturated carbocycles. The van der Waals surface area contributed by atoms with Crippen molar-refractivity contribution in [1.29, 1.82) is 0 Å². The highest BCUT2D eigenvalue weighted by Gasteiger charge is 2.50. The van der Waals surface area contributed by atoms with Crippen molar-refractivity contribution < 1.29 is 0 Å². The second kappa shape index (κ2) is 13.9. The maximum Gasteiger partial charge on any atom is 0.252 e. The van der Waals surface area contributed by atoms with E-state index in [1.54, 1.807) is 0 Å². The summed E-state index contributed by atoms with van der Waals surface area (Å²) in [6.07, 6.45) is 5.88. The van der Waals surface area contributed by atoms with E-state index in [1.807, 2.05) is 0 Å². The molecule has 0 amide bonds. The monoisotopic (exact) mass is 923 g/mol. The van der Waals surface area contributed by atoms with Gasteiger partial charge in [0, 0.05) is 39.5 Å². The first kappa shape index (κ1) is 46.1. The number of aryl methyl sites for hydroxylation is 1. The van der Waals surface area contributed by atoms with Crippen molar-refractivity contribution >= 4 is 57.2 Å². The van der Waals surface area contributed by atoms with Crippen molar-refractivity contribution in [1.82, 2.24) is 0 Å². The van der Waals surface area contributed by atoms with Gasteiger partial charge in [0.2, 0.25) is 0 Å². The van der Waals surface area contributed by atoms with Gasteiger partial charge in [-0.15, -0.1) is 0 Å². The fourth-order valence-electron chi connectivity index (χ4n) is 15.3. The Kier molecular flexibility index (Phi) is 9.17. The standard InChI is InChI=1S/C67H79BN2/c1-39-29-46-51(66(15,16)38-65(46,13)14)35-54(39)70-56-37-50-48(62(7,8)26-28-64(50,11)12)34-53(56)68-52-33-47-49(63(9,10)27-25-61(47,5)6)36-55(52)69(57-30-40(60(2,3)4)31-58(70)59(57)68)41-23-24-45-43(32-41)42-21-19-20-22-44(42)67(45,17)18/h19-24,29-37H,25-28,38H2,1-18H3. The first-order valence-corrected chi connectivity index (χ1v) is 27.0. The van der Waals surface area contributed by atoms with Crippen molar-refractivity contribution in [2.24, 2.45) is 0 Å². The first-order valence-electron chi connectivity index (χ1n) is 27.0. The van der Waals surface area contributed by atoms with Crippen LogP contribution in [0, 0.1) is 6.92 Å². The van der Waals surface area contributed by atoms with Crippen molar-refractivity contribution in [3.8, 4) is 11.1 Å². The molecule has 0 spiro atoms. The highest BCUT2D eigenvalue weighted by Crippen LogP contribution is 2.57. The lowest BCUT2D eigenvalue weighted by atomic mass is 9.32. The van der Waals surface area contributed by atoms with Crippen LogP contribution in [0.2, 0.25) is 0 Å². The van der Waals surface area contributed by atoms with Crippen LogP contribution in [0.3, 0.4) is 0 Å². The van der Waals surface area contributed by atoms with E-state index < -0.39 is 0 Å². The Labute approximate surface area is 422 Å². The van der Waals surface area contributed by atoms with E-state index in [0.29, 0.717) is 0 Å². The molecule has 0 atom stereocenters. The van der Waals surface area contributed by atoms with Gasteiger partial charge in [-0.3, -0.25) is 0 Å². The van der Waals surface area contributed by atoms with Crippen LogP contribution in [0.5, 0.6) is 0 Å². The van der Waals surface area contributed by atoms with E-state index in [2.05, 4.69) is 225 Å². The molecule has 0 aromatic heterocycles. The normalized spacial score (nSPS) is 21.4. The summed E-state index contributed by atoms with van der Waals surface area (Å²) in [6.45, 7) is 44.5. The Morgan fingerprint density at radius 3 is 1.40 bits per heavy atom. The molecule has 360 valence electrons. The number of benzene rings is 6. The molecule has 2 aliphatic heterocycles. The van der Waals surface area contributed by atoms with E-state index in [-0.39, 0.29) is 50.0 Å². The Hall–Kier alpha value is -5.02. The van der Waals surface area contributed by atoms with E-state index in [1.165, 1.54) is 143 Å². The predicted octanol–water partition coefficient (Wildman–Crippen LogP) is 16.3. The lowest BCUT2D eigenvalue weighted by molar-refractivity contribution is 0.332. The molecule has 0 fully saturated rings. The van der Waals surface area contributed by atoms with Gasteiger partial charge in [0.1, 0.15) is 0 Å². The Balaban J connectivity index is 1.24. The molecule has 12 rings (SSSR count). The lowest BCUT2D eigenvalue weighted by Crippen LogP contribution is -2.62. The summed E-state index contributed by atoms with van der Waals surface area (Å²) in [6, 6.07) is 38.0. The third-order valence-electron chi connectivity index (χ3n) is 19.6. The quantitative estimate of drug-likeness (QED) is 0.159. The maximum atomic E-state index is 2.78. The van der Waals surface area contributed by atoms with Crippen LogP contribution >= 0.6 is 0 Å². The molecule has 0 unspecified atom stereocenters. The average molecular weight is 923 g/mol. The van der Waals surface area contributed by atoms with Gasteiger partial charge in [-0.1, -0.05) is 166 Å². The molecular weight excluding hydrogens is 844 g/mol. The van der Waals surface area contributed by atoms with Crippen LogP contribution in [-0.2, 0) is 43.3 Å². The van der Waals surface area contributed by atoms with Gasteiger partial charge in [0.15, 0.2) is 0 Å². The van der Waals surface area contributed by atoms with Crippen molar-refractivity contribution in [2.45, 2.75) is 200 Å². The van der Waals surface area contributed by atoms with E-state index in [0.717, 1.165) is 6.42 Å². The molecule has 70 heavy (non-hydrogen) atoms. The van der Waals surface area contributed by atoms with Gasteiger partial charge in [0.25, 0.3) is 6.71 Å². The molecule has 6 aromatic rings. The minimum absolute atomic E-state index is 0.0491. The van der Waals surface area contributed by atoms with Crippen molar-refractivity contribution in [3.05, 3.63) is 147 Å². The zero-order chi connectivity index (χ0) is 50.0. The SMILES string of the molecule is Cc1cc2c(cc1N1c3cc4c(cc3B3c5cc6c(cc5N(c5ccc7c(c5)-c5ccccc5C7(C)C)c5cc(C(C)(C)C)cc1c53)C(C)(C)CCC6(C)C)C(C)(C)CCC4(C)C)C(C)(C)CC2(C)C. The van der Waals surface area contributed by atoms with Crippen LogP contribution in [-0.4, -0.2) is 6.71 Å². The minimum Gasteiger partial charge on any atom is -0.311 e. The highest BCUT2D eigenvalue weighted by atomic mass is 15.2. The molecule has 4 aliphatic carbocycles. The zero-order valence-corrected chi connectivity index (χ0v) is 46.2. The zero-order valence-electron chi connectivity index (χ0n) is 46.2. The molecule has 2 heterocycles. The van der Waals surface area contributed by atoms with E-state index in [9.17, 15) is 0 Å². The van der Waals surface area contributed by atoms with Crippen molar-refractivity contribution in [2.75, 3.05) is 9.80 Å². The van der Waals surface area contributed by atoms with Gasteiger partial charge < -0.3 is 9.80 Å².